The van der Waals surface area contributed by atoms with Crippen LogP contribution in [0.4, 0.5) is 5.69 Å². The molecular weight excluding hydrogens is 649 g/mol. The Labute approximate surface area is 273 Å². The van der Waals surface area contributed by atoms with E-state index in [1.54, 1.807) is 25.1 Å². The van der Waals surface area contributed by atoms with Gasteiger partial charge in [0.25, 0.3) is 10.0 Å². The molecule has 0 bridgehead atoms. The van der Waals surface area contributed by atoms with Gasteiger partial charge in [-0.05, 0) is 68.3 Å². The number of sulfonamides is 1. The molecule has 1 saturated carbocycles. The van der Waals surface area contributed by atoms with Gasteiger partial charge >= 0.3 is 0 Å². The van der Waals surface area contributed by atoms with Crippen LogP contribution in [0, 0.1) is 0 Å². The highest BCUT2D eigenvalue weighted by Crippen LogP contribution is 2.33. The topological polar surface area (TPSA) is 105 Å². The first-order valence-corrected chi connectivity index (χ1v) is 16.6. The SMILES string of the molecule is COc1ccc(S(=O)(=O)N(CC(=O)N(Cc2c(Cl)cccc2Cl)[C@H](C)C(=O)NC2CCCC2)c2ccc(Cl)cc2)cc1OC. The van der Waals surface area contributed by atoms with E-state index >= 15 is 0 Å². The van der Waals surface area contributed by atoms with Crippen molar-refractivity contribution in [1.82, 2.24) is 10.2 Å². The van der Waals surface area contributed by atoms with Crippen molar-refractivity contribution in [2.24, 2.45) is 0 Å². The number of methoxy groups -OCH3 is 2. The van der Waals surface area contributed by atoms with E-state index in [9.17, 15) is 18.0 Å². The molecule has 0 unspecified atom stereocenters. The van der Waals surface area contributed by atoms with Gasteiger partial charge in [0.15, 0.2) is 11.5 Å². The highest BCUT2D eigenvalue weighted by atomic mass is 35.5. The smallest absolute Gasteiger partial charge is 0.264 e. The van der Waals surface area contributed by atoms with E-state index in [0.717, 1.165) is 30.0 Å². The zero-order chi connectivity index (χ0) is 32.0. The largest absolute Gasteiger partial charge is 0.493 e. The summed E-state index contributed by atoms with van der Waals surface area (Å²) in [6, 6.07) is 14.2. The average molecular weight is 683 g/mol. The van der Waals surface area contributed by atoms with Crippen LogP contribution in [0.3, 0.4) is 0 Å². The number of carbonyl (C=O) groups excluding carboxylic acids is 2. The van der Waals surface area contributed by atoms with Crippen LogP contribution >= 0.6 is 34.8 Å². The van der Waals surface area contributed by atoms with Gasteiger partial charge in [-0.15, -0.1) is 0 Å². The van der Waals surface area contributed by atoms with E-state index in [-0.39, 0.29) is 34.8 Å². The Morgan fingerprint density at radius 2 is 1.55 bits per heavy atom. The fourth-order valence-electron chi connectivity index (χ4n) is 5.07. The number of halogens is 3. The molecule has 1 aliphatic carbocycles. The number of nitrogens with one attached hydrogen (secondary N) is 1. The predicted molar refractivity (Wildman–Crippen MR) is 172 cm³/mol. The normalized spacial score (nSPS) is 14.1. The van der Waals surface area contributed by atoms with E-state index in [4.69, 9.17) is 44.3 Å². The van der Waals surface area contributed by atoms with E-state index in [2.05, 4.69) is 5.32 Å². The number of ether oxygens (including phenoxy) is 2. The molecule has 44 heavy (non-hydrogen) atoms. The van der Waals surface area contributed by atoms with E-state index < -0.39 is 28.5 Å². The Morgan fingerprint density at radius 1 is 0.932 bits per heavy atom. The summed E-state index contributed by atoms with van der Waals surface area (Å²) < 4.78 is 39.9. The Bertz CT molecular complexity index is 1580. The quantitative estimate of drug-likeness (QED) is 0.239. The molecule has 1 fully saturated rings. The summed E-state index contributed by atoms with van der Waals surface area (Å²) in [6.45, 7) is 0.839. The molecule has 2 amide bonds. The van der Waals surface area contributed by atoms with Crippen molar-refractivity contribution < 1.29 is 27.5 Å². The highest BCUT2D eigenvalue weighted by molar-refractivity contribution is 7.92. The summed E-state index contributed by atoms with van der Waals surface area (Å²) in [5.41, 5.74) is 0.627. The minimum absolute atomic E-state index is 0.0156. The van der Waals surface area contributed by atoms with Crippen molar-refractivity contribution in [3.63, 3.8) is 0 Å². The molecule has 3 aromatic rings. The maximum atomic E-state index is 14.2. The van der Waals surface area contributed by atoms with Crippen LogP contribution in [0.2, 0.25) is 15.1 Å². The Balaban J connectivity index is 1.74. The van der Waals surface area contributed by atoms with E-state index in [1.165, 1.54) is 61.6 Å². The summed E-state index contributed by atoms with van der Waals surface area (Å²) in [7, 11) is -1.52. The summed E-state index contributed by atoms with van der Waals surface area (Å²) in [4.78, 5) is 28.8. The summed E-state index contributed by atoms with van der Waals surface area (Å²) in [5, 5.41) is 4.04. The average Bonchev–Trinajstić information content (AvgIpc) is 3.52. The Kier molecular flexibility index (Phi) is 11.3. The van der Waals surface area contributed by atoms with Crippen LogP contribution in [0.1, 0.15) is 38.2 Å². The minimum Gasteiger partial charge on any atom is -0.493 e. The van der Waals surface area contributed by atoms with Gasteiger partial charge in [0.05, 0.1) is 24.8 Å². The first kappa shape index (κ1) is 33.7. The number of nitrogens with zero attached hydrogens (tertiary/aromatic N) is 2. The second-order valence-electron chi connectivity index (χ2n) is 10.4. The third-order valence-corrected chi connectivity index (χ3v) is 10.3. The molecule has 0 heterocycles. The maximum absolute atomic E-state index is 14.2. The second kappa shape index (κ2) is 14.7. The molecule has 1 atom stereocenters. The molecule has 13 heteroatoms. The van der Waals surface area contributed by atoms with Crippen LogP contribution < -0.4 is 19.1 Å². The summed E-state index contributed by atoms with van der Waals surface area (Å²) in [6.07, 6.45) is 3.75. The van der Waals surface area contributed by atoms with Gasteiger partial charge in [0.1, 0.15) is 12.6 Å². The van der Waals surface area contributed by atoms with Crippen LogP contribution in [-0.4, -0.2) is 58.0 Å². The molecule has 0 saturated heterocycles. The van der Waals surface area contributed by atoms with Crippen molar-refractivity contribution in [1.29, 1.82) is 0 Å². The number of rotatable bonds is 12. The van der Waals surface area contributed by atoms with Gasteiger partial charge in [0, 0.05) is 39.3 Å². The van der Waals surface area contributed by atoms with Gasteiger partial charge in [-0.25, -0.2) is 8.42 Å². The first-order valence-electron chi connectivity index (χ1n) is 14.0. The van der Waals surface area contributed by atoms with Gasteiger partial charge in [-0.3, -0.25) is 13.9 Å². The Hall–Kier alpha value is -3.18. The molecule has 0 radical (unpaired) electrons. The maximum Gasteiger partial charge on any atom is 0.264 e. The lowest BCUT2D eigenvalue weighted by molar-refractivity contribution is -0.139. The van der Waals surface area contributed by atoms with Crippen molar-refractivity contribution in [3.8, 4) is 11.5 Å². The Morgan fingerprint density at radius 3 is 2.14 bits per heavy atom. The van der Waals surface area contributed by atoms with Crippen molar-refractivity contribution in [2.45, 2.75) is 56.1 Å². The molecule has 0 spiro atoms. The van der Waals surface area contributed by atoms with Crippen molar-refractivity contribution in [3.05, 3.63) is 81.3 Å². The lowest BCUT2D eigenvalue weighted by atomic mass is 10.1. The van der Waals surface area contributed by atoms with Crippen molar-refractivity contribution >= 4 is 62.3 Å². The fraction of sp³-hybridized carbons (Fsp3) is 0.355. The number of amides is 2. The lowest BCUT2D eigenvalue weighted by Crippen LogP contribution is -2.52. The van der Waals surface area contributed by atoms with Gasteiger partial charge in [0.2, 0.25) is 11.8 Å². The lowest BCUT2D eigenvalue weighted by Gasteiger charge is -2.33. The fourth-order valence-corrected chi connectivity index (χ4v) is 7.14. The van der Waals surface area contributed by atoms with Gasteiger partial charge in [-0.2, -0.15) is 0 Å². The molecule has 3 aromatic carbocycles. The first-order chi connectivity index (χ1) is 21.0. The summed E-state index contributed by atoms with van der Waals surface area (Å²) >= 11 is 19.0. The van der Waals surface area contributed by atoms with Crippen molar-refractivity contribution in [2.75, 3.05) is 25.1 Å². The molecule has 4 rings (SSSR count). The van der Waals surface area contributed by atoms with E-state index in [1.807, 2.05) is 0 Å². The van der Waals surface area contributed by atoms with Gasteiger partial charge < -0.3 is 19.7 Å². The molecule has 1 N–H and O–H groups in total. The zero-order valence-electron chi connectivity index (χ0n) is 24.6. The number of hydrogen-bond acceptors (Lipinski definition) is 6. The van der Waals surface area contributed by atoms with Crippen LogP contribution in [0.15, 0.2) is 65.6 Å². The number of benzene rings is 3. The van der Waals surface area contributed by atoms with E-state index in [0.29, 0.717) is 26.4 Å². The zero-order valence-corrected chi connectivity index (χ0v) is 27.6. The minimum atomic E-state index is -4.35. The van der Waals surface area contributed by atoms with Crippen LogP contribution in [0.5, 0.6) is 11.5 Å². The van der Waals surface area contributed by atoms with Crippen LogP contribution in [-0.2, 0) is 26.2 Å². The standard InChI is InChI=1S/C31H34Cl3N3O6S/c1-20(31(39)35-22-7-4-5-8-22)36(18-25-26(33)9-6-10-27(25)34)30(38)19-37(23-13-11-21(32)12-14-23)44(40,41)24-15-16-28(42-2)29(17-24)43-3/h6,9-17,20,22H,4-5,7-8,18-19H2,1-3H3,(H,35,39)/t20-/m1/s1. The summed E-state index contributed by atoms with van der Waals surface area (Å²) in [5.74, 6) is -0.461. The third kappa shape index (κ3) is 7.72. The van der Waals surface area contributed by atoms with Gasteiger partial charge in [-0.1, -0.05) is 53.7 Å². The molecule has 236 valence electrons. The number of hydrogen-bond donors (Lipinski definition) is 1. The monoisotopic (exact) mass is 681 g/mol. The molecule has 9 nitrogen and oxygen atoms in total. The second-order valence-corrected chi connectivity index (χ2v) is 13.5. The molecule has 0 aliphatic heterocycles. The molecular formula is C31H34Cl3N3O6S. The third-order valence-electron chi connectivity index (χ3n) is 7.60. The predicted octanol–water partition coefficient (Wildman–Crippen LogP) is 6.34. The van der Waals surface area contributed by atoms with Crippen LogP contribution in [0.25, 0.3) is 0 Å². The highest BCUT2D eigenvalue weighted by Gasteiger charge is 2.34. The molecule has 1 aliphatic rings. The molecule has 0 aromatic heterocycles. The number of anilines is 1. The number of carbonyl (C=O) groups is 2.